The zero-order valence-corrected chi connectivity index (χ0v) is 21.4. The average Bonchev–Trinajstić information content (AvgIpc) is 3.30. The van der Waals surface area contributed by atoms with E-state index in [0.29, 0.717) is 40.9 Å². The van der Waals surface area contributed by atoms with E-state index in [1.807, 2.05) is 90.4 Å². The Balaban J connectivity index is 1.58. The monoisotopic (exact) mass is 505 g/mol. The number of fused-ring (bicyclic) bond motifs is 2. The second-order valence-corrected chi connectivity index (χ2v) is 9.13. The zero-order chi connectivity index (χ0) is 26.2. The third-order valence-corrected chi connectivity index (χ3v) is 6.86. The maximum atomic E-state index is 9.27. The molecule has 0 saturated heterocycles. The van der Waals surface area contributed by atoms with E-state index in [1.165, 1.54) is 0 Å². The van der Waals surface area contributed by atoms with Gasteiger partial charge in [0.25, 0.3) is 0 Å². The van der Waals surface area contributed by atoms with E-state index >= 15 is 0 Å². The molecule has 3 aromatic carbocycles. The molecule has 8 heteroatoms. The number of ether oxygens (including phenoxy) is 3. The van der Waals surface area contributed by atoms with Gasteiger partial charge in [-0.15, -0.1) is 0 Å². The fourth-order valence-electron chi connectivity index (χ4n) is 5.04. The van der Waals surface area contributed by atoms with Gasteiger partial charge in [-0.05, 0) is 42.3 Å². The molecule has 5 aromatic rings. The predicted molar refractivity (Wildman–Crippen MR) is 142 cm³/mol. The molecule has 0 saturated carbocycles. The van der Waals surface area contributed by atoms with Crippen LogP contribution in [0, 0.1) is 12.3 Å². The molecule has 8 nitrogen and oxygen atoms in total. The van der Waals surface area contributed by atoms with Crippen LogP contribution >= 0.6 is 0 Å². The molecule has 190 valence electrons. The molecule has 1 aliphatic heterocycles. The van der Waals surface area contributed by atoms with Crippen LogP contribution in [0.3, 0.4) is 0 Å². The van der Waals surface area contributed by atoms with Gasteiger partial charge in [-0.1, -0.05) is 54.6 Å². The van der Waals surface area contributed by atoms with E-state index in [-0.39, 0.29) is 5.92 Å². The van der Waals surface area contributed by atoms with Crippen molar-refractivity contribution < 1.29 is 14.2 Å². The summed E-state index contributed by atoms with van der Waals surface area (Å²) in [7, 11) is 3.24. The molecule has 0 radical (unpaired) electrons. The first-order valence-electron chi connectivity index (χ1n) is 12.3. The third kappa shape index (κ3) is 3.91. The van der Waals surface area contributed by atoms with Gasteiger partial charge in [-0.2, -0.15) is 5.10 Å². The molecule has 1 atom stereocenters. The molecular weight excluding hydrogens is 478 g/mol. The van der Waals surface area contributed by atoms with Crippen LogP contribution in [-0.2, 0) is 6.54 Å². The summed E-state index contributed by atoms with van der Waals surface area (Å²) < 4.78 is 21.2. The summed E-state index contributed by atoms with van der Waals surface area (Å²) in [4.78, 5) is 4.69. The number of para-hydroxylation sites is 1. The second-order valence-electron chi connectivity index (χ2n) is 9.13. The van der Waals surface area contributed by atoms with E-state index in [9.17, 15) is 5.41 Å². The van der Waals surface area contributed by atoms with Gasteiger partial charge in [-0.3, -0.25) is 5.41 Å². The maximum Gasteiger partial charge on any atom is 0.230 e. The van der Waals surface area contributed by atoms with E-state index in [1.54, 1.807) is 25.2 Å². The zero-order valence-electron chi connectivity index (χ0n) is 21.4. The smallest absolute Gasteiger partial charge is 0.230 e. The van der Waals surface area contributed by atoms with Crippen molar-refractivity contribution >= 4 is 0 Å². The van der Waals surface area contributed by atoms with Crippen molar-refractivity contribution in [1.29, 1.82) is 5.41 Å². The summed E-state index contributed by atoms with van der Waals surface area (Å²) in [6.45, 7) is 2.49. The lowest BCUT2D eigenvalue weighted by Gasteiger charge is -2.27. The van der Waals surface area contributed by atoms with Crippen LogP contribution in [0.5, 0.6) is 23.3 Å². The summed E-state index contributed by atoms with van der Waals surface area (Å²) in [5.74, 6) is 1.88. The minimum absolute atomic E-state index is 0.330. The number of methoxy groups -OCH3 is 2. The Kier molecular flexibility index (Phi) is 5.92. The number of nitrogens with one attached hydrogen (secondary N) is 1. The van der Waals surface area contributed by atoms with Crippen molar-refractivity contribution in [2.45, 2.75) is 19.4 Å². The lowest BCUT2D eigenvalue weighted by Crippen LogP contribution is -2.30. The van der Waals surface area contributed by atoms with Crippen LogP contribution < -0.4 is 19.7 Å². The fraction of sp³-hybridized carbons (Fsp3) is 0.167. The van der Waals surface area contributed by atoms with Crippen molar-refractivity contribution in [3.05, 3.63) is 119 Å². The van der Waals surface area contributed by atoms with E-state index in [2.05, 4.69) is 0 Å². The number of aryl methyl sites for hydroxylation is 1. The van der Waals surface area contributed by atoms with Crippen LogP contribution in [0.1, 0.15) is 33.9 Å². The molecule has 0 unspecified atom stereocenters. The summed E-state index contributed by atoms with van der Waals surface area (Å²) in [6, 6.07) is 25.8. The van der Waals surface area contributed by atoms with Gasteiger partial charge in [0.1, 0.15) is 11.8 Å². The minimum atomic E-state index is -0.353. The highest BCUT2D eigenvalue weighted by molar-refractivity contribution is 5.59. The standard InChI is InChI=1S/C30H27N5O3/c1-19-25-26(21-14-15-23(36-2)24(16-21)37-3)27-28(31)34(17-20-10-6-4-7-11-20)18-32-29(27)38-30(25)35(33-19)22-12-8-5-9-13-22/h4-16,18,26,31H,17H2,1-3H3/t26-/m1/s1. The number of aromatic nitrogens is 4. The predicted octanol–water partition coefficient (Wildman–Crippen LogP) is 5.21. The van der Waals surface area contributed by atoms with Crippen molar-refractivity contribution in [1.82, 2.24) is 19.3 Å². The number of benzene rings is 3. The molecule has 6 rings (SSSR count). The number of nitrogens with zero attached hydrogens (tertiary/aromatic N) is 4. The minimum Gasteiger partial charge on any atom is -0.493 e. The lowest BCUT2D eigenvalue weighted by atomic mass is 9.84. The molecule has 0 amide bonds. The molecule has 1 aliphatic rings. The number of hydrogen-bond acceptors (Lipinski definition) is 6. The van der Waals surface area contributed by atoms with Gasteiger partial charge in [0.2, 0.25) is 11.8 Å². The molecule has 1 N–H and O–H groups in total. The fourth-order valence-corrected chi connectivity index (χ4v) is 5.04. The Bertz CT molecular complexity index is 1680. The molecular formula is C30H27N5O3. The molecule has 0 aliphatic carbocycles. The Morgan fingerprint density at radius 1 is 0.895 bits per heavy atom. The Morgan fingerprint density at radius 2 is 1.61 bits per heavy atom. The number of hydrogen-bond donors (Lipinski definition) is 1. The second kappa shape index (κ2) is 9.55. The van der Waals surface area contributed by atoms with Gasteiger partial charge in [0, 0.05) is 0 Å². The van der Waals surface area contributed by atoms with Crippen molar-refractivity contribution in [3.8, 4) is 28.9 Å². The van der Waals surface area contributed by atoms with Crippen LogP contribution in [-0.4, -0.2) is 33.6 Å². The SMILES string of the molecule is COc1ccc([C@@H]2c3c(C)nn(-c4ccccc4)c3Oc3ncn(Cc4ccccc4)c(=N)c32)cc1OC. The molecule has 38 heavy (non-hydrogen) atoms. The van der Waals surface area contributed by atoms with Crippen LogP contribution in [0.15, 0.2) is 85.2 Å². The lowest BCUT2D eigenvalue weighted by molar-refractivity contribution is 0.354. The topological polar surface area (TPSA) is 87.2 Å². The quantitative estimate of drug-likeness (QED) is 0.336. The van der Waals surface area contributed by atoms with Crippen molar-refractivity contribution in [2.24, 2.45) is 0 Å². The van der Waals surface area contributed by atoms with E-state index in [0.717, 1.165) is 28.1 Å². The molecule has 0 bridgehead atoms. The summed E-state index contributed by atoms with van der Waals surface area (Å²) in [6.07, 6.45) is 1.67. The Labute approximate surface area is 220 Å². The molecule has 3 heterocycles. The van der Waals surface area contributed by atoms with Crippen LogP contribution in [0.2, 0.25) is 0 Å². The van der Waals surface area contributed by atoms with Crippen LogP contribution in [0.25, 0.3) is 5.69 Å². The van der Waals surface area contributed by atoms with Crippen molar-refractivity contribution in [3.63, 3.8) is 0 Å². The average molecular weight is 506 g/mol. The van der Waals surface area contributed by atoms with Crippen molar-refractivity contribution in [2.75, 3.05) is 14.2 Å². The first-order valence-corrected chi connectivity index (χ1v) is 12.3. The molecule has 0 fully saturated rings. The van der Waals surface area contributed by atoms with Gasteiger partial charge >= 0.3 is 0 Å². The first-order chi connectivity index (χ1) is 18.6. The highest BCUT2D eigenvalue weighted by Gasteiger charge is 2.37. The highest BCUT2D eigenvalue weighted by Crippen LogP contribution is 2.48. The van der Waals surface area contributed by atoms with E-state index in [4.69, 9.17) is 24.3 Å². The summed E-state index contributed by atoms with van der Waals surface area (Å²) >= 11 is 0. The van der Waals surface area contributed by atoms with Crippen LogP contribution in [0.4, 0.5) is 0 Å². The number of rotatable bonds is 6. The van der Waals surface area contributed by atoms with E-state index < -0.39 is 0 Å². The van der Waals surface area contributed by atoms with Gasteiger partial charge < -0.3 is 18.8 Å². The summed E-state index contributed by atoms with van der Waals surface area (Å²) in [5, 5.41) is 14.1. The largest absolute Gasteiger partial charge is 0.493 e. The third-order valence-electron chi connectivity index (χ3n) is 6.86. The normalized spacial score (nSPS) is 13.8. The van der Waals surface area contributed by atoms with Gasteiger partial charge in [-0.25, -0.2) is 9.67 Å². The molecule has 2 aromatic heterocycles. The first kappa shape index (κ1) is 23.5. The highest BCUT2D eigenvalue weighted by atomic mass is 16.5. The molecule has 0 spiro atoms. The Hall–Kier alpha value is -4.85. The van der Waals surface area contributed by atoms with Gasteiger partial charge in [0.05, 0.1) is 49.2 Å². The maximum absolute atomic E-state index is 9.27. The van der Waals surface area contributed by atoms with Gasteiger partial charge in [0.15, 0.2) is 11.5 Å². The Morgan fingerprint density at radius 3 is 2.32 bits per heavy atom. The summed E-state index contributed by atoms with van der Waals surface area (Å²) in [5.41, 5.74) is 5.61.